The molecule has 0 saturated carbocycles. The van der Waals surface area contributed by atoms with Gasteiger partial charge in [0, 0.05) is 0 Å². The highest BCUT2D eigenvalue weighted by atomic mass is 31.1. The van der Waals surface area contributed by atoms with E-state index < -0.39 is 0 Å². The van der Waals surface area contributed by atoms with Crippen molar-refractivity contribution < 1.29 is 14.9 Å². The normalized spacial score (nSPS) is 9.44. The van der Waals surface area contributed by atoms with Gasteiger partial charge in [0.2, 0.25) is 0 Å². The van der Waals surface area contributed by atoms with Crippen molar-refractivity contribution in [1.29, 1.82) is 0 Å². The van der Waals surface area contributed by atoms with Crippen molar-refractivity contribution in [3.05, 3.63) is 48.5 Å². The van der Waals surface area contributed by atoms with Gasteiger partial charge in [-0.3, -0.25) is 0 Å². The molecule has 0 saturated heterocycles. The molecule has 0 spiro atoms. The molecule has 0 unspecified atom stereocenters. The van der Waals surface area contributed by atoms with Gasteiger partial charge in [0.15, 0.2) is 0 Å². The second-order valence-corrected chi connectivity index (χ2v) is 4.76. The fourth-order valence-electron chi connectivity index (χ4n) is 1.46. The molecular weight excluding hydrogens is 247 g/mol. The van der Waals surface area contributed by atoms with Crippen LogP contribution in [0.5, 0.6) is 11.5 Å². The first-order chi connectivity index (χ1) is 8.31. The number of hydrogen-bond acceptors (Lipinski definition) is 2. The van der Waals surface area contributed by atoms with E-state index >= 15 is 0 Å². The minimum absolute atomic E-state index is 0. The zero-order valence-electron chi connectivity index (χ0n) is 10.4. The second kappa shape index (κ2) is 7.00. The SMILES string of the molecule is COc1ccc([P]c2ccc(OC)cc2)cc1.O. The Labute approximate surface area is 109 Å². The molecule has 2 aromatic carbocycles. The van der Waals surface area contributed by atoms with Gasteiger partial charge in [-0.2, -0.15) is 0 Å². The summed E-state index contributed by atoms with van der Waals surface area (Å²) in [7, 11) is 4.54. The summed E-state index contributed by atoms with van der Waals surface area (Å²) in [5.41, 5.74) is 0. The molecule has 0 fully saturated rings. The lowest BCUT2D eigenvalue weighted by atomic mass is 10.3. The lowest BCUT2D eigenvalue weighted by molar-refractivity contribution is 0.415. The van der Waals surface area contributed by atoms with Gasteiger partial charge < -0.3 is 14.9 Å². The monoisotopic (exact) mass is 263 g/mol. The molecule has 0 bridgehead atoms. The first-order valence-electron chi connectivity index (χ1n) is 5.31. The van der Waals surface area contributed by atoms with Crippen LogP contribution in [-0.2, 0) is 0 Å². The highest BCUT2D eigenvalue weighted by Gasteiger charge is 1.99. The Morgan fingerprint density at radius 2 is 1.00 bits per heavy atom. The number of benzene rings is 2. The van der Waals surface area contributed by atoms with Gasteiger partial charge in [-0.1, -0.05) is 24.3 Å². The molecule has 95 valence electrons. The van der Waals surface area contributed by atoms with Crippen LogP contribution >= 0.6 is 8.58 Å². The Hall–Kier alpha value is -1.57. The number of methoxy groups -OCH3 is 2. The van der Waals surface area contributed by atoms with Gasteiger partial charge in [-0.05, 0) is 43.5 Å². The maximum Gasteiger partial charge on any atom is 0.118 e. The van der Waals surface area contributed by atoms with Gasteiger partial charge >= 0.3 is 0 Å². The molecule has 2 N–H and O–H groups in total. The number of hydrogen-bond donors (Lipinski definition) is 0. The average molecular weight is 263 g/mol. The van der Waals surface area contributed by atoms with E-state index in [4.69, 9.17) is 9.47 Å². The van der Waals surface area contributed by atoms with Crippen molar-refractivity contribution in [2.24, 2.45) is 0 Å². The van der Waals surface area contributed by atoms with Crippen LogP contribution in [0, 0.1) is 0 Å². The van der Waals surface area contributed by atoms with Crippen molar-refractivity contribution in [3.63, 3.8) is 0 Å². The summed E-state index contributed by atoms with van der Waals surface area (Å²) in [6.07, 6.45) is 0. The van der Waals surface area contributed by atoms with Crippen molar-refractivity contribution in [1.82, 2.24) is 0 Å². The fourth-order valence-corrected chi connectivity index (χ4v) is 2.36. The van der Waals surface area contributed by atoms with Crippen LogP contribution < -0.4 is 20.1 Å². The zero-order valence-corrected chi connectivity index (χ0v) is 11.3. The largest absolute Gasteiger partial charge is 0.497 e. The van der Waals surface area contributed by atoms with E-state index in [0.29, 0.717) is 0 Å². The third-order valence-corrected chi connectivity index (χ3v) is 3.52. The lowest BCUT2D eigenvalue weighted by Gasteiger charge is -2.04. The summed E-state index contributed by atoms with van der Waals surface area (Å²) >= 11 is 0. The van der Waals surface area contributed by atoms with Gasteiger partial charge in [0.1, 0.15) is 11.5 Å². The predicted molar refractivity (Wildman–Crippen MR) is 75.8 cm³/mol. The zero-order chi connectivity index (χ0) is 12.1. The maximum atomic E-state index is 5.13. The van der Waals surface area contributed by atoms with E-state index in [-0.39, 0.29) is 5.48 Å². The van der Waals surface area contributed by atoms with Crippen LogP contribution in [0.1, 0.15) is 0 Å². The molecule has 4 heteroatoms. The van der Waals surface area contributed by atoms with Crippen LogP contribution in [0.25, 0.3) is 0 Å². The van der Waals surface area contributed by atoms with E-state index in [1.165, 1.54) is 19.2 Å². The highest BCUT2D eigenvalue weighted by Crippen LogP contribution is 2.16. The summed E-state index contributed by atoms with van der Waals surface area (Å²) in [5.74, 6) is 1.78. The van der Waals surface area contributed by atoms with E-state index in [9.17, 15) is 0 Å². The van der Waals surface area contributed by atoms with E-state index in [2.05, 4.69) is 24.3 Å². The third-order valence-electron chi connectivity index (χ3n) is 2.40. The first kappa shape index (κ1) is 14.5. The summed E-state index contributed by atoms with van der Waals surface area (Å²) in [4.78, 5) is 0. The van der Waals surface area contributed by atoms with E-state index in [1.54, 1.807) is 14.2 Å². The van der Waals surface area contributed by atoms with E-state index in [0.717, 1.165) is 11.5 Å². The molecule has 1 radical (unpaired) electrons. The van der Waals surface area contributed by atoms with Gasteiger partial charge in [-0.15, -0.1) is 0 Å². The summed E-state index contributed by atoms with van der Waals surface area (Å²) in [6, 6.07) is 16.2. The molecule has 0 aliphatic carbocycles. The molecule has 3 nitrogen and oxygen atoms in total. The standard InChI is InChI=1S/C14H14O2P.H2O/c1-15-11-3-7-13(8-4-11)17-14-9-5-12(16-2)6-10-14;/h3-10H,1-2H3;1H2. The minimum Gasteiger partial charge on any atom is -0.497 e. The van der Waals surface area contributed by atoms with Crippen LogP contribution in [0.15, 0.2) is 48.5 Å². The van der Waals surface area contributed by atoms with Crippen LogP contribution in [0.3, 0.4) is 0 Å². The van der Waals surface area contributed by atoms with Crippen LogP contribution in [-0.4, -0.2) is 19.7 Å². The number of ether oxygens (including phenoxy) is 2. The Bertz CT molecular complexity index is 420. The Morgan fingerprint density at radius 1 is 0.667 bits per heavy atom. The van der Waals surface area contributed by atoms with Gasteiger partial charge in [0.05, 0.1) is 14.2 Å². The Morgan fingerprint density at radius 3 is 1.28 bits per heavy atom. The summed E-state index contributed by atoms with van der Waals surface area (Å²) in [5, 5.41) is 2.49. The molecule has 0 aromatic heterocycles. The Kier molecular flexibility index (Phi) is 5.63. The molecule has 0 amide bonds. The van der Waals surface area contributed by atoms with Crippen LogP contribution in [0.2, 0.25) is 0 Å². The second-order valence-electron chi connectivity index (χ2n) is 3.51. The molecule has 0 aliphatic rings. The van der Waals surface area contributed by atoms with Crippen molar-refractivity contribution in [2.45, 2.75) is 0 Å². The Balaban J connectivity index is 0.00000162. The summed E-state index contributed by atoms with van der Waals surface area (Å²) in [6.45, 7) is 0. The van der Waals surface area contributed by atoms with Crippen LogP contribution in [0.4, 0.5) is 0 Å². The minimum atomic E-state index is 0. The van der Waals surface area contributed by atoms with Gasteiger partial charge in [-0.25, -0.2) is 0 Å². The van der Waals surface area contributed by atoms with Crippen molar-refractivity contribution in [3.8, 4) is 11.5 Å². The molecule has 0 heterocycles. The topological polar surface area (TPSA) is 50.0 Å². The molecule has 18 heavy (non-hydrogen) atoms. The van der Waals surface area contributed by atoms with Crippen molar-refractivity contribution in [2.75, 3.05) is 14.2 Å². The summed E-state index contributed by atoms with van der Waals surface area (Å²) < 4.78 is 10.3. The smallest absolute Gasteiger partial charge is 0.118 e. The van der Waals surface area contributed by atoms with E-state index in [1.807, 2.05) is 24.3 Å². The van der Waals surface area contributed by atoms with Gasteiger partial charge in [0.25, 0.3) is 0 Å². The highest BCUT2D eigenvalue weighted by molar-refractivity contribution is 7.55. The molecule has 2 rings (SSSR count). The third kappa shape index (κ3) is 3.73. The maximum absolute atomic E-state index is 5.13. The number of rotatable bonds is 4. The molecule has 0 atom stereocenters. The predicted octanol–water partition coefficient (Wildman–Crippen LogP) is 1.78. The lowest BCUT2D eigenvalue weighted by Crippen LogP contribution is -2.02. The quantitative estimate of drug-likeness (QED) is 0.789. The molecular formula is C14H16O3P. The molecule has 0 aliphatic heterocycles. The van der Waals surface area contributed by atoms with Crippen molar-refractivity contribution >= 4 is 19.2 Å². The first-order valence-corrected chi connectivity index (χ1v) is 6.21. The fraction of sp³-hybridized carbons (Fsp3) is 0.143. The molecule has 2 aromatic rings. The average Bonchev–Trinajstić information content (AvgIpc) is 2.40.